The highest BCUT2D eigenvalue weighted by molar-refractivity contribution is 7.91. The van der Waals surface area contributed by atoms with Gasteiger partial charge in [-0.15, -0.1) is 0 Å². The molecule has 0 bridgehead atoms. The monoisotopic (exact) mass is 399 g/mol. The van der Waals surface area contributed by atoms with Crippen molar-refractivity contribution in [3.05, 3.63) is 30.1 Å². The molecule has 3 rings (SSSR count). The fourth-order valence-corrected chi connectivity index (χ4v) is 3.63. The molecule has 3 aromatic heterocycles. The van der Waals surface area contributed by atoms with Gasteiger partial charge in [0.25, 0.3) is 0 Å². The number of hydrogen-bond donors (Lipinski definition) is 1. The maximum Gasteiger partial charge on any atom is 0.433 e. The molecule has 0 atom stereocenters. The highest BCUT2D eigenvalue weighted by atomic mass is 32.2. The molecule has 0 saturated carbocycles. The number of halogens is 3. The van der Waals surface area contributed by atoms with Crippen molar-refractivity contribution in [2.75, 3.05) is 18.1 Å². The molecule has 0 amide bonds. The number of anilines is 1. The Bertz CT molecular complexity index is 1120. The van der Waals surface area contributed by atoms with Crippen molar-refractivity contribution >= 4 is 26.7 Å². The molecule has 0 aliphatic rings. The van der Waals surface area contributed by atoms with Gasteiger partial charge >= 0.3 is 6.18 Å². The Kier molecular flexibility index (Phi) is 4.58. The lowest BCUT2D eigenvalue weighted by Gasteiger charge is -2.10. The van der Waals surface area contributed by atoms with Crippen molar-refractivity contribution in [3.63, 3.8) is 0 Å². The highest BCUT2D eigenvalue weighted by Crippen LogP contribution is 2.32. The molecule has 0 aromatic carbocycles. The predicted octanol–water partition coefficient (Wildman–Crippen LogP) is 2.88. The van der Waals surface area contributed by atoms with Crippen molar-refractivity contribution < 1.29 is 21.6 Å². The van der Waals surface area contributed by atoms with Crippen molar-refractivity contribution in [1.29, 1.82) is 0 Å². The molecule has 7 nitrogen and oxygen atoms in total. The van der Waals surface area contributed by atoms with Crippen LogP contribution in [0.4, 0.5) is 19.0 Å². The van der Waals surface area contributed by atoms with Crippen LogP contribution in [-0.4, -0.2) is 40.7 Å². The molecule has 0 aliphatic carbocycles. The molecular weight excluding hydrogens is 383 g/mol. The number of pyridine rings is 2. The summed E-state index contributed by atoms with van der Waals surface area (Å²) in [6.07, 6.45) is -3.54. The Hall–Kier alpha value is -2.69. The quantitative estimate of drug-likeness (QED) is 0.726. The Morgan fingerprint density at radius 1 is 1.22 bits per heavy atom. The summed E-state index contributed by atoms with van der Waals surface area (Å²) in [5, 5.41) is 2.81. The van der Waals surface area contributed by atoms with Gasteiger partial charge in [-0.2, -0.15) is 13.2 Å². The summed E-state index contributed by atoms with van der Waals surface area (Å²) in [6.45, 7) is 1.50. The van der Waals surface area contributed by atoms with Gasteiger partial charge < -0.3 is 9.88 Å². The second kappa shape index (κ2) is 6.48. The van der Waals surface area contributed by atoms with Gasteiger partial charge in [0.2, 0.25) is 0 Å². The van der Waals surface area contributed by atoms with Gasteiger partial charge in [0.1, 0.15) is 17.2 Å². The number of aromatic nitrogens is 4. The van der Waals surface area contributed by atoms with Crippen LogP contribution in [0.25, 0.3) is 22.6 Å². The number of aryl methyl sites for hydroxylation is 1. The summed E-state index contributed by atoms with van der Waals surface area (Å²) in [5.74, 6) is 0.390. The van der Waals surface area contributed by atoms with Gasteiger partial charge in [0.15, 0.2) is 15.7 Å². The first-order chi connectivity index (χ1) is 12.6. The van der Waals surface area contributed by atoms with E-state index in [9.17, 15) is 21.6 Å². The van der Waals surface area contributed by atoms with E-state index in [2.05, 4.69) is 20.3 Å². The topological polar surface area (TPSA) is 89.8 Å². The van der Waals surface area contributed by atoms with Crippen molar-refractivity contribution in [1.82, 2.24) is 19.5 Å². The van der Waals surface area contributed by atoms with Crippen molar-refractivity contribution in [3.8, 4) is 11.5 Å². The molecule has 1 N–H and O–H groups in total. The van der Waals surface area contributed by atoms with E-state index >= 15 is 0 Å². The molecule has 0 radical (unpaired) electrons. The molecule has 0 spiro atoms. The van der Waals surface area contributed by atoms with E-state index in [1.165, 1.54) is 23.6 Å². The minimum Gasteiger partial charge on any atom is -0.373 e. The molecule has 144 valence electrons. The van der Waals surface area contributed by atoms with Gasteiger partial charge in [0, 0.05) is 14.1 Å². The van der Waals surface area contributed by atoms with E-state index in [4.69, 9.17) is 0 Å². The first kappa shape index (κ1) is 19.1. The molecular formula is C16H16F3N5O2S. The molecule has 3 aromatic rings. The van der Waals surface area contributed by atoms with Crippen LogP contribution in [0.1, 0.15) is 12.6 Å². The molecule has 3 heterocycles. The number of rotatable bonds is 4. The Morgan fingerprint density at radius 3 is 2.52 bits per heavy atom. The summed E-state index contributed by atoms with van der Waals surface area (Å²) in [7, 11) is -0.442. The van der Waals surface area contributed by atoms with E-state index in [1.54, 1.807) is 14.1 Å². The van der Waals surface area contributed by atoms with Gasteiger partial charge in [-0.05, 0) is 18.2 Å². The zero-order valence-corrected chi connectivity index (χ0v) is 15.5. The SMILES string of the molecule is CCS(=O)(=O)c1ccc(NC)nc1-c1nc2cc(C(F)(F)F)ncc2n1C. The van der Waals surface area contributed by atoms with E-state index < -0.39 is 21.7 Å². The van der Waals surface area contributed by atoms with Crippen LogP contribution in [0.5, 0.6) is 0 Å². The largest absolute Gasteiger partial charge is 0.433 e. The fraction of sp³-hybridized carbons (Fsp3) is 0.312. The first-order valence-electron chi connectivity index (χ1n) is 7.90. The standard InChI is InChI=1S/C16H16F3N5O2S/c1-4-27(25,26)11-5-6-13(20-2)23-14(11)15-22-9-7-12(16(17,18)19)21-8-10(9)24(15)3/h5-8H,4H2,1-3H3,(H,20,23). The number of imidazole rings is 1. The number of nitrogens with one attached hydrogen (secondary N) is 1. The first-order valence-corrected chi connectivity index (χ1v) is 9.55. The number of hydrogen-bond acceptors (Lipinski definition) is 6. The Balaban J connectivity index is 2.30. The Labute approximate surface area is 153 Å². The second-order valence-electron chi connectivity index (χ2n) is 5.75. The average molecular weight is 399 g/mol. The van der Waals surface area contributed by atoms with Crippen LogP contribution < -0.4 is 5.32 Å². The smallest absolute Gasteiger partial charge is 0.373 e. The van der Waals surface area contributed by atoms with Crippen molar-refractivity contribution in [2.24, 2.45) is 7.05 Å². The van der Waals surface area contributed by atoms with E-state index in [0.717, 1.165) is 12.3 Å². The zero-order chi connectivity index (χ0) is 20.0. The van der Waals surface area contributed by atoms with Gasteiger partial charge in [-0.1, -0.05) is 6.92 Å². The highest BCUT2D eigenvalue weighted by Gasteiger charge is 2.33. The molecule has 0 unspecified atom stereocenters. The third-order valence-electron chi connectivity index (χ3n) is 4.10. The van der Waals surface area contributed by atoms with E-state index in [0.29, 0.717) is 11.3 Å². The lowest BCUT2D eigenvalue weighted by Crippen LogP contribution is -2.09. The normalized spacial score (nSPS) is 12.5. The van der Waals surface area contributed by atoms with E-state index in [1.807, 2.05) is 0 Å². The summed E-state index contributed by atoms with van der Waals surface area (Å²) < 4.78 is 65.1. The zero-order valence-electron chi connectivity index (χ0n) is 14.7. The summed E-state index contributed by atoms with van der Waals surface area (Å²) in [6, 6.07) is 3.75. The van der Waals surface area contributed by atoms with Crippen LogP contribution in [0.2, 0.25) is 0 Å². The van der Waals surface area contributed by atoms with Crippen LogP contribution in [0.3, 0.4) is 0 Å². The second-order valence-corrected chi connectivity index (χ2v) is 7.99. The molecule has 27 heavy (non-hydrogen) atoms. The summed E-state index contributed by atoms with van der Waals surface area (Å²) in [4.78, 5) is 11.9. The number of sulfone groups is 1. The maximum atomic E-state index is 12.9. The average Bonchev–Trinajstić information content (AvgIpc) is 2.96. The number of nitrogens with zero attached hydrogens (tertiary/aromatic N) is 4. The number of fused-ring (bicyclic) bond motifs is 1. The van der Waals surface area contributed by atoms with Gasteiger partial charge in [-0.3, -0.25) is 0 Å². The predicted molar refractivity (Wildman–Crippen MR) is 94.0 cm³/mol. The van der Waals surface area contributed by atoms with Gasteiger partial charge in [0.05, 0.1) is 27.9 Å². The molecule has 11 heteroatoms. The van der Waals surface area contributed by atoms with E-state index in [-0.39, 0.29) is 27.7 Å². The third kappa shape index (κ3) is 3.34. The molecule has 0 aliphatic heterocycles. The van der Waals surface area contributed by atoms with Crippen LogP contribution >= 0.6 is 0 Å². The minimum atomic E-state index is -4.60. The van der Waals surface area contributed by atoms with Gasteiger partial charge in [-0.25, -0.2) is 23.4 Å². The van der Waals surface area contributed by atoms with Crippen LogP contribution in [-0.2, 0) is 23.1 Å². The lowest BCUT2D eigenvalue weighted by molar-refractivity contribution is -0.141. The summed E-state index contributed by atoms with van der Waals surface area (Å²) in [5.41, 5.74) is -0.630. The lowest BCUT2D eigenvalue weighted by atomic mass is 10.3. The number of alkyl halides is 3. The third-order valence-corrected chi connectivity index (χ3v) is 5.86. The fourth-order valence-electron chi connectivity index (χ4n) is 2.61. The van der Waals surface area contributed by atoms with Crippen LogP contribution in [0, 0.1) is 0 Å². The van der Waals surface area contributed by atoms with Crippen molar-refractivity contribution in [2.45, 2.75) is 18.0 Å². The van der Waals surface area contributed by atoms with Crippen LogP contribution in [0.15, 0.2) is 29.3 Å². The Morgan fingerprint density at radius 2 is 1.93 bits per heavy atom. The molecule has 0 fully saturated rings. The minimum absolute atomic E-state index is 0.0357. The maximum absolute atomic E-state index is 12.9. The molecule has 0 saturated heterocycles. The summed E-state index contributed by atoms with van der Waals surface area (Å²) >= 11 is 0.